The maximum atomic E-state index is 11.6. The van der Waals surface area contributed by atoms with Crippen molar-refractivity contribution in [3.05, 3.63) is 18.3 Å². The first kappa shape index (κ1) is 12.7. The van der Waals surface area contributed by atoms with E-state index in [1.807, 2.05) is 0 Å². The molecule has 0 aliphatic heterocycles. The number of aromatic nitrogens is 1. The number of hydrogen-bond acceptors (Lipinski definition) is 4. The topological polar surface area (TPSA) is 91.3 Å². The summed E-state index contributed by atoms with van der Waals surface area (Å²) < 4.78 is 27.7. The molecule has 0 aliphatic rings. The Morgan fingerprint density at radius 2 is 2.00 bits per heavy atom. The second-order valence-corrected chi connectivity index (χ2v) is 5.74. The fourth-order valence-electron chi connectivity index (χ4n) is 1.03. The minimum atomic E-state index is -3.74. The van der Waals surface area contributed by atoms with Crippen LogP contribution in [0, 0.1) is 0 Å². The standard InChI is InChI=1S/C9H15N3O3S/c1-9(2,3)12-16(14,15)11-8-7(13)5-4-6-10-8/h4-6,12-13H,1-3H3,(H,10,11). The summed E-state index contributed by atoms with van der Waals surface area (Å²) in [5.74, 6) is -0.318. The molecule has 7 heteroatoms. The average molecular weight is 245 g/mol. The molecule has 0 saturated heterocycles. The molecular formula is C9H15N3O3S. The quantitative estimate of drug-likeness (QED) is 0.735. The Morgan fingerprint density at radius 3 is 2.50 bits per heavy atom. The number of hydrogen-bond donors (Lipinski definition) is 3. The number of nitrogens with one attached hydrogen (secondary N) is 2. The molecule has 1 rings (SSSR count). The van der Waals surface area contributed by atoms with Crippen LogP contribution in [-0.4, -0.2) is 24.0 Å². The van der Waals surface area contributed by atoms with Crippen molar-refractivity contribution in [3.63, 3.8) is 0 Å². The van der Waals surface area contributed by atoms with Crippen LogP contribution in [0.4, 0.5) is 5.82 Å². The number of aromatic hydroxyl groups is 1. The Hall–Kier alpha value is -1.34. The smallest absolute Gasteiger partial charge is 0.300 e. The van der Waals surface area contributed by atoms with Gasteiger partial charge in [0.15, 0.2) is 11.6 Å². The molecule has 1 aromatic rings. The second kappa shape index (κ2) is 4.26. The first-order chi connectivity index (χ1) is 7.20. The summed E-state index contributed by atoms with van der Waals surface area (Å²) in [7, 11) is -3.74. The summed E-state index contributed by atoms with van der Waals surface area (Å²) >= 11 is 0. The van der Waals surface area contributed by atoms with Crippen molar-refractivity contribution in [1.82, 2.24) is 9.71 Å². The third kappa shape index (κ3) is 4.03. The van der Waals surface area contributed by atoms with Crippen molar-refractivity contribution in [3.8, 4) is 5.75 Å². The minimum Gasteiger partial charge on any atom is -0.504 e. The van der Waals surface area contributed by atoms with E-state index in [0.717, 1.165) is 0 Å². The zero-order valence-electron chi connectivity index (χ0n) is 9.35. The third-order valence-corrected chi connectivity index (χ3v) is 2.80. The Labute approximate surface area is 94.9 Å². The van der Waals surface area contributed by atoms with Crippen LogP contribution in [0.3, 0.4) is 0 Å². The Bertz CT molecular complexity index is 465. The van der Waals surface area contributed by atoms with E-state index in [9.17, 15) is 13.5 Å². The van der Waals surface area contributed by atoms with E-state index in [1.54, 1.807) is 20.8 Å². The summed E-state index contributed by atoms with van der Waals surface area (Å²) in [4.78, 5) is 3.71. The van der Waals surface area contributed by atoms with E-state index in [4.69, 9.17) is 0 Å². The van der Waals surface area contributed by atoms with Gasteiger partial charge in [0.2, 0.25) is 0 Å². The molecule has 0 radical (unpaired) electrons. The molecule has 90 valence electrons. The lowest BCUT2D eigenvalue weighted by atomic mass is 10.1. The molecule has 0 aliphatic carbocycles. The van der Waals surface area contributed by atoms with Gasteiger partial charge in [-0.3, -0.25) is 4.72 Å². The van der Waals surface area contributed by atoms with E-state index in [0.29, 0.717) is 0 Å². The van der Waals surface area contributed by atoms with Gasteiger partial charge in [0.1, 0.15) is 0 Å². The van der Waals surface area contributed by atoms with Crippen LogP contribution in [-0.2, 0) is 10.2 Å². The highest BCUT2D eigenvalue weighted by Crippen LogP contribution is 2.19. The van der Waals surface area contributed by atoms with Crippen LogP contribution in [0.15, 0.2) is 18.3 Å². The van der Waals surface area contributed by atoms with Crippen molar-refractivity contribution in [1.29, 1.82) is 0 Å². The molecule has 1 aromatic heterocycles. The number of anilines is 1. The fraction of sp³-hybridized carbons (Fsp3) is 0.444. The van der Waals surface area contributed by atoms with Gasteiger partial charge in [-0.2, -0.15) is 13.1 Å². The molecule has 0 bridgehead atoms. The molecule has 0 unspecified atom stereocenters. The van der Waals surface area contributed by atoms with E-state index in [1.165, 1.54) is 18.3 Å². The second-order valence-electron chi connectivity index (χ2n) is 4.33. The van der Waals surface area contributed by atoms with E-state index < -0.39 is 15.7 Å². The third-order valence-electron chi connectivity index (χ3n) is 1.46. The fourth-order valence-corrected chi connectivity index (χ4v) is 2.30. The molecule has 3 N–H and O–H groups in total. The van der Waals surface area contributed by atoms with Crippen LogP contribution in [0.2, 0.25) is 0 Å². The van der Waals surface area contributed by atoms with Gasteiger partial charge in [-0.1, -0.05) is 0 Å². The Kier molecular flexibility index (Phi) is 3.39. The van der Waals surface area contributed by atoms with E-state index >= 15 is 0 Å². The highest BCUT2D eigenvalue weighted by atomic mass is 32.2. The molecule has 0 spiro atoms. The van der Waals surface area contributed by atoms with Gasteiger partial charge >= 0.3 is 10.2 Å². The van der Waals surface area contributed by atoms with Gasteiger partial charge in [0, 0.05) is 11.7 Å². The number of nitrogens with zero attached hydrogens (tertiary/aromatic N) is 1. The monoisotopic (exact) mass is 245 g/mol. The van der Waals surface area contributed by atoms with Crippen LogP contribution >= 0.6 is 0 Å². The average Bonchev–Trinajstić information content (AvgIpc) is 2.04. The van der Waals surface area contributed by atoms with Crippen molar-refractivity contribution < 1.29 is 13.5 Å². The van der Waals surface area contributed by atoms with Gasteiger partial charge in [-0.05, 0) is 32.9 Å². The molecule has 0 fully saturated rings. The highest BCUT2D eigenvalue weighted by Gasteiger charge is 2.20. The predicted molar refractivity (Wildman–Crippen MR) is 61.3 cm³/mol. The van der Waals surface area contributed by atoms with E-state index in [-0.39, 0.29) is 11.6 Å². The molecular weight excluding hydrogens is 230 g/mol. The highest BCUT2D eigenvalue weighted by molar-refractivity contribution is 7.90. The molecule has 0 amide bonds. The maximum absolute atomic E-state index is 11.6. The van der Waals surface area contributed by atoms with Gasteiger partial charge in [-0.25, -0.2) is 4.98 Å². The van der Waals surface area contributed by atoms with E-state index in [2.05, 4.69) is 14.4 Å². The summed E-state index contributed by atoms with van der Waals surface area (Å²) in [5.41, 5.74) is -0.601. The summed E-state index contributed by atoms with van der Waals surface area (Å²) in [6.45, 7) is 5.14. The molecule has 1 heterocycles. The molecule has 0 saturated carbocycles. The Balaban J connectivity index is 2.86. The zero-order valence-corrected chi connectivity index (χ0v) is 10.2. The first-order valence-corrected chi connectivity index (χ1v) is 6.14. The number of rotatable bonds is 3. The summed E-state index contributed by atoms with van der Waals surface area (Å²) in [6, 6.07) is 2.85. The maximum Gasteiger partial charge on any atom is 0.300 e. The van der Waals surface area contributed by atoms with Crippen LogP contribution in [0.25, 0.3) is 0 Å². The largest absolute Gasteiger partial charge is 0.504 e. The molecule has 0 atom stereocenters. The van der Waals surface area contributed by atoms with Crippen molar-refractivity contribution >= 4 is 16.0 Å². The number of pyridine rings is 1. The predicted octanol–water partition coefficient (Wildman–Crippen LogP) is 0.832. The van der Waals surface area contributed by atoms with Crippen molar-refractivity contribution in [2.75, 3.05) is 4.72 Å². The van der Waals surface area contributed by atoms with Crippen LogP contribution in [0.1, 0.15) is 20.8 Å². The van der Waals surface area contributed by atoms with Crippen LogP contribution in [0.5, 0.6) is 5.75 Å². The van der Waals surface area contributed by atoms with Gasteiger partial charge < -0.3 is 5.11 Å². The Morgan fingerprint density at radius 1 is 1.38 bits per heavy atom. The molecule has 6 nitrogen and oxygen atoms in total. The lowest BCUT2D eigenvalue weighted by Gasteiger charge is -2.20. The summed E-state index contributed by atoms with van der Waals surface area (Å²) in [5, 5.41) is 9.35. The van der Waals surface area contributed by atoms with Crippen molar-refractivity contribution in [2.45, 2.75) is 26.3 Å². The zero-order chi connectivity index (χ0) is 12.4. The van der Waals surface area contributed by atoms with Gasteiger partial charge in [0.25, 0.3) is 0 Å². The van der Waals surface area contributed by atoms with Crippen LogP contribution < -0.4 is 9.44 Å². The summed E-state index contributed by atoms with van der Waals surface area (Å²) in [6.07, 6.45) is 1.38. The van der Waals surface area contributed by atoms with Crippen molar-refractivity contribution in [2.24, 2.45) is 0 Å². The SMILES string of the molecule is CC(C)(C)NS(=O)(=O)Nc1ncccc1O. The first-order valence-electron chi connectivity index (χ1n) is 4.65. The molecule has 0 aromatic carbocycles. The lowest BCUT2D eigenvalue weighted by Crippen LogP contribution is -2.43. The minimum absolute atomic E-state index is 0.0979. The lowest BCUT2D eigenvalue weighted by molar-refractivity contribution is 0.474. The van der Waals surface area contributed by atoms with Gasteiger partial charge in [0.05, 0.1) is 0 Å². The molecule has 16 heavy (non-hydrogen) atoms. The normalized spacial score (nSPS) is 12.4. The van der Waals surface area contributed by atoms with Gasteiger partial charge in [-0.15, -0.1) is 0 Å².